The number of nitriles is 1. The minimum absolute atomic E-state index is 0.191. The average molecular weight is 324 g/mol. The molecule has 0 unspecified atom stereocenters. The van der Waals surface area contributed by atoms with Gasteiger partial charge in [-0.15, -0.1) is 0 Å². The van der Waals surface area contributed by atoms with E-state index in [2.05, 4.69) is 15.9 Å². The molecule has 0 radical (unpaired) electrons. The lowest BCUT2D eigenvalue weighted by Gasteiger charge is -2.09. The van der Waals surface area contributed by atoms with Gasteiger partial charge in [-0.25, -0.2) is 4.39 Å². The Kier molecular flexibility index (Phi) is 4.13. The summed E-state index contributed by atoms with van der Waals surface area (Å²) in [6, 6.07) is 10.5. The molecule has 0 saturated heterocycles. The van der Waals surface area contributed by atoms with E-state index in [9.17, 15) is 8.78 Å². The third-order valence-electron chi connectivity index (χ3n) is 2.45. The molecule has 0 aliphatic carbocycles. The van der Waals surface area contributed by atoms with E-state index in [1.165, 1.54) is 12.1 Å². The molecule has 0 N–H and O–H groups in total. The van der Waals surface area contributed by atoms with E-state index < -0.39 is 11.6 Å². The van der Waals surface area contributed by atoms with Crippen molar-refractivity contribution >= 4 is 15.9 Å². The second-order valence-corrected chi connectivity index (χ2v) is 4.29. The fourth-order valence-corrected chi connectivity index (χ4v) is 1.87. The highest BCUT2D eigenvalue weighted by Gasteiger charge is 2.12. The van der Waals surface area contributed by atoms with Crippen molar-refractivity contribution in [3.8, 4) is 17.6 Å². The van der Waals surface area contributed by atoms with Crippen molar-refractivity contribution in [3.63, 3.8) is 0 Å². The number of halogens is 3. The molecule has 0 aliphatic heterocycles. The predicted octanol–water partition coefficient (Wildman–Crippen LogP) is 4.52. The Morgan fingerprint density at radius 3 is 2.63 bits per heavy atom. The van der Waals surface area contributed by atoms with Gasteiger partial charge in [-0.05, 0) is 29.8 Å². The number of alkyl halides is 1. The first-order valence-electron chi connectivity index (χ1n) is 5.36. The lowest BCUT2D eigenvalue weighted by molar-refractivity contribution is 0.415. The predicted molar refractivity (Wildman–Crippen MR) is 70.2 cm³/mol. The highest BCUT2D eigenvalue weighted by Crippen LogP contribution is 2.29. The molecule has 19 heavy (non-hydrogen) atoms. The van der Waals surface area contributed by atoms with Crippen LogP contribution in [0.5, 0.6) is 11.5 Å². The molecule has 2 aromatic carbocycles. The molecule has 96 valence electrons. The van der Waals surface area contributed by atoms with E-state index in [1.54, 1.807) is 18.2 Å². The van der Waals surface area contributed by atoms with E-state index in [0.29, 0.717) is 5.33 Å². The number of hydrogen-bond acceptors (Lipinski definition) is 2. The molecule has 2 aromatic rings. The maximum absolute atomic E-state index is 13.5. The van der Waals surface area contributed by atoms with Gasteiger partial charge in [0.05, 0.1) is 5.56 Å². The summed E-state index contributed by atoms with van der Waals surface area (Å²) in [6.45, 7) is 0. The molecule has 0 atom stereocenters. The Balaban J connectivity index is 2.39. The van der Waals surface area contributed by atoms with Gasteiger partial charge in [0.1, 0.15) is 11.8 Å². The van der Waals surface area contributed by atoms with E-state index >= 15 is 0 Å². The summed E-state index contributed by atoms with van der Waals surface area (Å²) < 4.78 is 31.8. The number of nitrogens with zero attached hydrogens (tertiary/aromatic N) is 1. The molecule has 5 heteroatoms. The van der Waals surface area contributed by atoms with Crippen LogP contribution in [-0.2, 0) is 5.33 Å². The summed E-state index contributed by atoms with van der Waals surface area (Å²) in [5, 5.41) is 9.62. The van der Waals surface area contributed by atoms with Crippen LogP contribution in [0.15, 0.2) is 36.4 Å². The zero-order chi connectivity index (χ0) is 13.8. The van der Waals surface area contributed by atoms with Crippen LogP contribution in [0.4, 0.5) is 8.78 Å². The van der Waals surface area contributed by atoms with Crippen molar-refractivity contribution in [2.45, 2.75) is 5.33 Å². The SMILES string of the molecule is N#Cc1cc(CBr)ccc1Oc1cccc(F)c1F. The van der Waals surface area contributed by atoms with Gasteiger partial charge < -0.3 is 4.74 Å². The van der Waals surface area contributed by atoms with Crippen molar-refractivity contribution in [2.24, 2.45) is 0 Å². The Morgan fingerprint density at radius 1 is 1.16 bits per heavy atom. The molecule has 0 amide bonds. The highest BCUT2D eigenvalue weighted by molar-refractivity contribution is 9.08. The second-order valence-electron chi connectivity index (χ2n) is 3.73. The van der Waals surface area contributed by atoms with Gasteiger partial charge in [-0.2, -0.15) is 9.65 Å². The summed E-state index contributed by atoms with van der Waals surface area (Å²) in [5.41, 5.74) is 1.16. The normalized spacial score (nSPS) is 10.0. The average Bonchev–Trinajstić information content (AvgIpc) is 2.44. The number of benzene rings is 2. The van der Waals surface area contributed by atoms with Gasteiger partial charge in [0.15, 0.2) is 11.6 Å². The first kappa shape index (κ1) is 13.5. The fourth-order valence-electron chi connectivity index (χ4n) is 1.52. The van der Waals surface area contributed by atoms with Crippen LogP contribution < -0.4 is 4.74 Å². The Bertz CT molecular complexity index is 652. The van der Waals surface area contributed by atoms with Crippen molar-refractivity contribution in [3.05, 3.63) is 59.2 Å². The second kappa shape index (κ2) is 5.81. The number of hydrogen-bond donors (Lipinski definition) is 0. The molecular formula is C14H8BrF2NO. The van der Waals surface area contributed by atoms with Crippen LogP contribution in [0.2, 0.25) is 0 Å². The first-order chi connectivity index (χ1) is 9.15. The fraction of sp³-hybridized carbons (Fsp3) is 0.0714. The Labute approximate surface area is 117 Å². The van der Waals surface area contributed by atoms with E-state index in [-0.39, 0.29) is 17.1 Å². The number of rotatable bonds is 3. The molecule has 2 rings (SSSR count). The zero-order valence-electron chi connectivity index (χ0n) is 9.66. The lowest BCUT2D eigenvalue weighted by atomic mass is 10.1. The topological polar surface area (TPSA) is 33.0 Å². The van der Waals surface area contributed by atoms with Crippen molar-refractivity contribution < 1.29 is 13.5 Å². The quantitative estimate of drug-likeness (QED) is 0.778. The van der Waals surface area contributed by atoms with Gasteiger partial charge in [0.2, 0.25) is 5.82 Å². The Hall–Kier alpha value is -1.93. The molecule has 0 heterocycles. The van der Waals surface area contributed by atoms with Crippen LogP contribution >= 0.6 is 15.9 Å². The number of ether oxygens (including phenoxy) is 1. The summed E-state index contributed by atoms with van der Waals surface area (Å²) >= 11 is 3.27. The molecule has 0 bridgehead atoms. The Morgan fingerprint density at radius 2 is 1.95 bits per heavy atom. The lowest BCUT2D eigenvalue weighted by Crippen LogP contribution is -1.94. The minimum Gasteiger partial charge on any atom is -0.453 e. The third-order valence-corrected chi connectivity index (χ3v) is 3.10. The zero-order valence-corrected chi connectivity index (χ0v) is 11.2. The molecule has 2 nitrogen and oxygen atoms in total. The van der Waals surface area contributed by atoms with E-state index in [0.717, 1.165) is 11.6 Å². The molecule has 0 aliphatic rings. The van der Waals surface area contributed by atoms with Crippen LogP contribution in [0, 0.1) is 23.0 Å². The minimum atomic E-state index is -1.07. The molecular weight excluding hydrogens is 316 g/mol. The van der Waals surface area contributed by atoms with Gasteiger partial charge in [-0.1, -0.05) is 28.1 Å². The summed E-state index contributed by atoms with van der Waals surface area (Å²) in [7, 11) is 0. The van der Waals surface area contributed by atoms with Crippen molar-refractivity contribution in [1.82, 2.24) is 0 Å². The standard InChI is InChI=1S/C14H8BrF2NO/c15-7-9-4-5-12(10(6-9)8-18)19-13-3-1-2-11(16)14(13)17/h1-6H,7H2. The van der Waals surface area contributed by atoms with Crippen LogP contribution in [0.1, 0.15) is 11.1 Å². The highest BCUT2D eigenvalue weighted by atomic mass is 79.9. The van der Waals surface area contributed by atoms with E-state index in [1.807, 2.05) is 6.07 Å². The van der Waals surface area contributed by atoms with Crippen LogP contribution in [0.3, 0.4) is 0 Å². The molecule has 0 fully saturated rings. The first-order valence-corrected chi connectivity index (χ1v) is 6.48. The third kappa shape index (κ3) is 2.91. The van der Waals surface area contributed by atoms with Crippen molar-refractivity contribution in [1.29, 1.82) is 5.26 Å². The summed E-state index contributed by atoms with van der Waals surface area (Å²) in [5.74, 6) is -2.12. The van der Waals surface area contributed by atoms with Crippen molar-refractivity contribution in [2.75, 3.05) is 0 Å². The molecule has 0 aromatic heterocycles. The maximum Gasteiger partial charge on any atom is 0.201 e. The van der Waals surface area contributed by atoms with Gasteiger partial charge in [-0.3, -0.25) is 0 Å². The van der Waals surface area contributed by atoms with E-state index in [4.69, 9.17) is 10.00 Å². The largest absolute Gasteiger partial charge is 0.453 e. The van der Waals surface area contributed by atoms with Crippen LogP contribution in [0.25, 0.3) is 0 Å². The monoisotopic (exact) mass is 323 g/mol. The van der Waals surface area contributed by atoms with Gasteiger partial charge >= 0.3 is 0 Å². The van der Waals surface area contributed by atoms with Crippen LogP contribution in [-0.4, -0.2) is 0 Å². The van der Waals surface area contributed by atoms with Gasteiger partial charge in [0, 0.05) is 5.33 Å². The molecule has 0 saturated carbocycles. The summed E-state index contributed by atoms with van der Waals surface area (Å²) in [6.07, 6.45) is 0. The summed E-state index contributed by atoms with van der Waals surface area (Å²) in [4.78, 5) is 0. The smallest absolute Gasteiger partial charge is 0.201 e. The maximum atomic E-state index is 13.5. The van der Waals surface area contributed by atoms with Gasteiger partial charge in [0.25, 0.3) is 0 Å². The molecule has 0 spiro atoms.